The molecular formula is C18H13NO4. The van der Waals surface area contributed by atoms with Crippen LogP contribution in [0, 0.1) is 0 Å². The Labute approximate surface area is 132 Å². The molecule has 0 radical (unpaired) electrons. The van der Waals surface area contributed by atoms with Gasteiger partial charge in [0.2, 0.25) is 0 Å². The van der Waals surface area contributed by atoms with Crippen molar-refractivity contribution >= 4 is 11.6 Å². The molecule has 23 heavy (non-hydrogen) atoms. The summed E-state index contributed by atoms with van der Waals surface area (Å²) in [5.41, 5.74) is 0.389. The minimum Gasteiger partial charge on any atom is -0.457 e. The molecule has 0 aliphatic carbocycles. The van der Waals surface area contributed by atoms with E-state index in [1.807, 2.05) is 30.3 Å². The fourth-order valence-electron chi connectivity index (χ4n) is 1.92. The second-order valence-electron chi connectivity index (χ2n) is 4.74. The fourth-order valence-corrected chi connectivity index (χ4v) is 1.92. The predicted octanol–water partition coefficient (Wildman–Crippen LogP) is 3.68. The summed E-state index contributed by atoms with van der Waals surface area (Å²) in [6, 6.07) is 19.0. The Hall–Kier alpha value is -3.34. The zero-order valence-corrected chi connectivity index (χ0v) is 12.1. The maximum atomic E-state index is 12.0. The van der Waals surface area contributed by atoms with Crippen LogP contribution in [0.4, 0.5) is 5.69 Å². The molecule has 0 spiro atoms. The van der Waals surface area contributed by atoms with Crippen molar-refractivity contribution < 1.29 is 13.9 Å². The van der Waals surface area contributed by atoms with Crippen LogP contribution >= 0.6 is 0 Å². The Balaban J connectivity index is 1.66. The Morgan fingerprint density at radius 2 is 1.57 bits per heavy atom. The van der Waals surface area contributed by atoms with Gasteiger partial charge in [0.05, 0.1) is 5.56 Å². The van der Waals surface area contributed by atoms with E-state index in [0.29, 0.717) is 11.4 Å². The van der Waals surface area contributed by atoms with E-state index in [1.54, 1.807) is 24.3 Å². The molecular weight excluding hydrogens is 294 g/mol. The molecule has 1 amide bonds. The molecule has 114 valence electrons. The van der Waals surface area contributed by atoms with E-state index in [2.05, 4.69) is 9.73 Å². The Morgan fingerprint density at radius 1 is 0.870 bits per heavy atom. The Kier molecular flexibility index (Phi) is 4.20. The van der Waals surface area contributed by atoms with Gasteiger partial charge < -0.3 is 14.5 Å². The van der Waals surface area contributed by atoms with Gasteiger partial charge in [0, 0.05) is 11.8 Å². The SMILES string of the molecule is O=C(Nc1ccc(Oc2ccccc2)cc1)c1ccc(=O)oc1. The minimum atomic E-state index is -0.496. The lowest BCUT2D eigenvalue weighted by Crippen LogP contribution is -2.12. The van der Waals surface area contributed by atoms with E-state index >= 15 is 0 Å². The third kappa shape index (κ3) is 3.85. The van der Waals surface area contributed by atoms with E-state index in [4.69, 9.17) is 4.74 Å². The highest BCUT2D eigenvalue weighted by molar-refractivity contribution is 6.03. The van der Waals surface area contributed by atoms with Crippen LogP contribution in [0.2, 0.25) is 0 Å². The maximum Gasteiger partial charge on any atom is 0.335 e. The number of carbonyl (C=O) groups excluding carboxylic acids is 1. The van der Waals surface area contributed by atoms with Gasteiger partial charge >= 0.3 is 5.63 Å². The van der Waals surface area contributed by atoms with Crippen molar-refractivity contribution in [2.75, 3.05) is 5.32 Å². The first kappa shape index (κ1) is 14.6. The topological polar surface area (TPSA) is 68.5 Å². The third-order valence-corrected chi connectivity index (χ3v) is 3.05. The zero-order chi connectivity index (χ0) is 16.1. The van der Waals surface area contributed by atoms with Crippen LogP contribution in [0.5, 0.6) is 11.5 Å². The number of rotatable bonds is 4. The minimum absolute atomic E-state index is 0.272. The molecule has 0 atom stereocenters. The summed E-state index contributed by atoms with van der Waals surface area (Å²) in [5.74, 6) is 1.05. The second kappa shape index (κ2) is 6.62. The van der Waals surface area contributed by atoms with E-state index in [9.17, 15) is 9.59 Å². The molecule has 5 nitrogen and oxygen atoms in total. The lowest BCUT2D eigenvalue weighted by molar-refractivity contribution is 0.102. The largest absolute Gasteiger partial charge is 0.457 e. The van der Waals surface area contributed by atoms with E-state index < -0.39 is 5.63 Å². The predicted molar refractivity (Wildman–Crippen MR) is 85.9 cm³/mol. The first-order valence-electron chi connectivity index (χ1n) is 6.94. The van der Waals surface area contributed by atoms with Crippen molar-refractivity contribution in [2.45, 2.75) is 0 Å². The normalized spacial score (nSPS) is 10.1. The zero-order valence-electron chi connectivity index (χ0n) is 12.1. The highest BCUT2D eigenvalue weighted by atomic mass is 16.5. The van der Waals surface area contributed by atoms with Crippen molar-refractivity contribution in [3.05, 3.63) is 89.0 Å². The van der Waals surface area contributed by atoms with Gasteiger partial charge in [-0.25, -0.2) is 4.79 Å². The molecule has 0 saturated carbocycles. The molecule has 0 saturated heterocycles. The number of anilines is 1. The van der Waals surface area contributed by atoms with Crippen molar-refractivity contribution in [1.29, 1.82) is 0 Å². The lowest BCUT2D eigenvalue weighted by Gasteiger charge is -2.08. The molecule has 0 aliphatic heterocycles. The lowest BCUT2D eigenvalue weighted by atomic mass is 10.2. The standard InChI is InChI=1S/C18H13NO4/c20-17-11-6-13(12-22-17)18(21)19-14-7-9-16(10-8-14)23-15-4-2-1-3-5-15/h1-12H,(H,19,21). The van der Waals surface area contributed by atoms with Crippen molar-refractivity contribution in [3.63, 3.8) is 0 Å². The number of carbonyl (C=O) groups is 1. The summed E-state index contributed by atoms with van der Waals surface area (Å²) < 4.78 is 10.3. The van der Waals surface area contributed by atoms with Crippen LogP contribution in [-0.4, -0.2) is 5.91 Å². The molecule has 1 aromatic heterocycles. The van der Waals surface area contributed by atoms with Crippen LogP contribution < -0.4 is 15.7 Å². The molecule has 3 rings (SSSR count). The van der Waals surface area contributed by atoms with E-state index in [-0.39, 0.29) is 11.5 Å². The molecule has 0 aliphatic rings. The maximum absolute atomic E-state index is 12.0. The first-order chi connectivity index (χ1) is 11.2. The average Bonchev–Trinajstić information content (AvgIpc) is 2.58. The number of amides is 1. The van der Waals surface area contributed by atoms with Gasteiger partial charge in [-0.05, 0) is 42.5 Å². The van der Waals surface area contributed by atoms with Gasteiger partial charge in [0.15, 0.2) is 0 Å². The highest BCUT2D eigenvalue weighted by Gasteiger charge is 2.07. The summed E-state index contributed by atoms with van der Waals surface area (Å²) in [5, 5.41) is 2.71. The molecule has 1 heterocycles. The summed E-state index contributed by atoms with van der Waals surface area (Å²) in [4.78, 5) is 22.9. The molecule has 3 aromatic rings. The van der Waals surface area contributed by atoms with Crippen molar-refractivity contribution in [1.82, 2.24) is 0 Å². The number of hydrogen-bond acceptors (Lipinski definition) is 4. The highest BCUT2D eigenvalue weighted by Crippen LogP contribution is 2.22. The Bertz CT molecular complexity index is 834. The monoisotopic (exact) mass is 307 g/mol. The number of ether oxygens (including phenoxy) is 1. The van der Waals surface area contributed by atoms with Gasteiger partial charge in [0.1, 0.15) is 17.8 Å². The quantitative estimate of drug-likeness (QED) is 0.798. The Morgan fingerprint density at radius 3 is 2.22 bits per heavy atom. The van der Waals surface area contributed by atoms with Crippen LogP contribution in [0.1, 0.15) is 10.4 Å². The van der Waals surface area contributed by atoms with Gasteiger partial charge in [-0.15, -0.1) is 0 Å². The van der Waals surface area contributed by atoms with Crippen LogP contribution in [0.3, 0.4) is 0 Å². The van der Waals surface area contributed by atoms with E-state index in [0.717, 1.165) is 12.0 Å². The van der Waals surface area contributed by atoms with Crippen molar-refractivity contribution in [3.8, 4) is 11.5 Å². The molecule has 0 unspecified atom stereocenters. The van der Waals surface area contributed by atoms with Gasteiger partial charge in [-0.2, -0.15) is 0 Å². The fraction of sp³-hybridized carbons (Fsp3) is 0. The smallest absolute Gasteiger partial charge is 0.335 e. The van der Waals surface area contributed by atoms with Gasteiger partial charge in [0.25, 0.3) is 5.91 Å². The number of nitrogens with one attached hydrogen (secondary N) is 1. The summed E-state index contributed by atoms with van der Waals surface area (Å²) in [6.07, 6.45) is 1.13. The van der Waals surface area contributed by atoms with Crippen molar-refractivity contribution in [2.24, 2.45) is 0 Å². The number of hydrogen-bond donors (Lipinski definition) is 1. The molecule has 0 bridgehead atoms. The molecule has 0 fully saturated rings. The second-order valence-corrected chi connectivity index (χ2v) is 4.74. The van der Waals surface area contributed by atoms with Crippen LogP contribution in [0.15, 0.2) is 82.2 Å². The summed E-state index contributed by atoms with van der Waals surface area (Å²) in [7, 11) is 0. The third-order valence-electron chi connectivity index (χ3n) is 3.05. The van der Waals surface area contributed by atoms with E-state index in [1.165, 1.54) is 12.1 Å². The number of para-hydroxylation sites is 1. The first-order valence-corrected chi connectivity index (χ1v) is 6.94. The molecule has 5 heteroatoms. The summed E-state index contributed by atoms with van der Waals surface area (Å²) >= 11 is 0. The van der Waals surface area contributed by atoms with Crippen LogP contribution in [0.25, 0.3) is 0 Å². The van der Waals surface area contributed by atoms with Gasteiger partial charge in [-0.1, -0.05) is 18.2 Å². The molecule has 2 aromatic carbocycles. The summed E-state index contributed by atoms with van der Waals surface area (Å²) in [6.45, 7) is 0. The average molecular weight is 307 g/mol. The molecule has 1 N–H and O–H groups in total. The van der Waals surface area contributed by atoms with Crippen LogP contribution in [-0.2, 0) is 0 Å². The number of benzene rings is 2. The van der Waals surface area contributed by atoms with Gasteiger partial charge in [-0.3, -0.25) is 4.79 Å².